The highest BCUT2D eigenvalue weighted by Gasteiger charge is 2.14. The molecule has 2 N–H and O–H groups in total. The minimum Gasteiger partial charge on any atom is -0.324 e. The van der Waals surface area contributed by atoms with E-state index >= 15 is 0 Å². The van der Waals surface area contributed by atoms with Crippen molar-refractivity contribution < 1.29 is 0 Å². The molecule has 0 aliphatic heterocycles. The Balaban J connectivity index is 2.67. The molecule has 0 spiro atoms. The van der Waals surface area contributed by atoms with Crippen LogP contribution in [0.15, 0.2) is 36.4 Å². The van der Waals surface area contributed by atoms with Gasteiger partial charge in [-0.2, -0.15) is 0 Å². The molecule has 0 aliphatic rings. The molecule has 1 nitrogen and oxygen atoms in total. The molecule has 0 heterocycles. The van der Waals surface area contributed by atoms with Crippen molar-refractivity contribution in [1.29, 1.82) is 0 Å². The second-order valence-electron chi connectivity index (χ2n) is 4.45. The fourth-order valence-electron chi connectivity index (χ4n) is 1.94. The third-order valence-corrected chi connectivity index (χ3v) is 3.31. The average molecular weight is 234 g/mol. The van der Waals surface area contributed by atoms with E-state index in [0.29, 0.717) is 5.92 Å². The maximum atomic E-state index is 6.21. The standard InChI is InChI=1S/C14H16ClN/c1-9(2)14(16)12-7-8-13(15)11-6-4-3-5-10(11)12/h3-9,14H,16H2,1-2H3. The molecular formula is C14H16ClN. The lowest BCUT2D eigenvalue weighted by Crippen LogP contribution is -2.16. The molecule has 0 saturated carbocycles. The zero-order chi connectivity index (χ0) is 11.7. The molecule has 1 unspecified atom stereocenters. The van der Waals surface area contributed by atoms with Gasteiger partial charge in [0.25, 0.3) is 0 Å². The van der Waals surface area contributed by atoms with Gasteiger partial charge >= 0.3 is 0 Å². The Morgan fingerprint density at radius 3 is 2.25 bits per heavy atom. The predicted molar refractivity (Wildman–Crippen MR) is 70.7 cm³/mol. The van der Waals surface area contributed by atoms with Crippen LogP contribution in [-0.4, -0.2) is 0 Å². The minimum atomic E-state index is 0.0576. The van der Waals surface area contributed by atoms with Crippen LogP contribution >= 0.6 is 11.6 Å². The molecule has 1 atom stereocenters. The van der Waals surface area contributed by atoms with E-state index in [1.807, 2.05) is 30.3 Å². The maximum absolute atomic E-state index is 6.21. The van der Waals surface area contributed by atoms with Crippen molar-refractivity contribution in [3.8, 4) is 0 Å². The quantitative estimate of drug-likeness (QED) is 0.829. The van der Waals surface area contributed by atoms with Crippen molar-refractivity contribution in [3.63, 3.8) is 0 Å². The molecule has 16 heavy (non-hydrogen) atoms. The predicted octanol–water partition coefficient (Wildman–Crippen LogP) is 4.15. The number of hydrogen-bond acceptors (Lipinski definition) is 1. The van der Waals surface area contributed by atoms with Crippen molar-refractivity contribution >= 4 is 22.4 Å². The highest BCUT2D eigenvalue weighted by molar-refractivity contribution is 6.35. The summed E-state index contributed by atoms with van der Waals surface area (Å²) in [6.07, 6.45) is 0. The molecule has 0 fully saturated rings. The minimum absolute atomic E-state index is 0.0576. The molecule has 84 valence electrons. The van der Waals surface area contributed by atoms with Crippen LogP contribution in [0.5, 0.6) is 0 Å². The molecule has 2 aromatic rings. The lowest BCUT2D eigenvalue weighted by molar-refractivity contribution is 0.517. The number of hydrogen-bond donors (Lipinski definition) is 1. The molecule has 0 aliphatic carbocycles. The van der Waals surface area contributed by atoms with E-state index in [1.165, 1.54) is 5.56 Å². The highest BCUT2D eigenvalue weighted by Crippen LogP contribution is 2.31. The SMILES string of the molecule is CC(C)C(N)c1ccc(Cl)c2ccccc12. The van der Waals surface area contributed by atoms with Crippen molar-refractivity contribution in [2.75, 3.05) is 0 Å². The van der Waals surface area contributed by atoms with Gasteiger partial charge < -0.3 is 5.73 Å². The van der Waals surface area contributed by atoms with Crippen molar-refractivity contribution in [3.05, 3.63) is 47.0 Å². The highest BCUT2D eigenvalue weighted by atomic mass is 35.5. The summed E-state index contributed by atoms with van der Waals surface area (Å²) in [4.78, 5) is 0. The Morgan fingerprint density at radius 2 is 1.62 bits per heavy atom. The normalized spacial score (nSPS) is 13.3. The Kier molecular flexibility index (Phi) is 3.17. The van der Waals surface area contributed by atoms with Crippen molar-refractivity contribution in [2.45, 2.75) is 19.9 Å². The number of rotatable bonds is 2. The Labute approximate surface area is 101 Å². The molecule has 2 aromatic carbocycles. The maximum Gasteiger partial charge on any atom is 0.0484 e. The summed E-state index contributed by atoms with van der Waals surface area (Å²) in [6.45, 7) is 4.27. The monoisotopic (exact) mass is 233 g/mol. The number of fused-ring (bicyclic) bond motifs is 1. The van der Waals surface area contributed by atoms with E-state index in [1.54, 1.807) is 0 Å². The Bertz CT molecular complexity index is 505. The topological polar surface area (TPSA) is 26.0 Å². The summed E-state index contributed by atoms with van der Waals surface area (Å²) in [5.41, 5.74) is 7.39. The molecule has 0 aromatic heterocycles. The van der Waals surface area contributed by atoms with Gasteiger partial charge in [0, 0.05) is 16.5 Å². The summed E-state index contributed by atoms with van der Waals surface area (Å²) < 4.78 is 0. The molecule has 2 rings (SSSR count). The van der Waals surface area contributed by atoms with Gasteiger partial charge in [-0.05, 0) is 22.9 Å². The molecular weight excluding hydrogens is 218 g/mol. The smallest absolute Gasteiger partial charge is 0.0484 e. The second-order valence-corrected chi connectivity index (χ2v) is 4.86. The van der Waals surface area contributed by atoms with Gasteiger partial charge in [0.2, 0.25) is 0 Å². The third-order valence-electron chi connectivity index (χ3n) is 2.98. The molecule has 0 bridgehead atoms. The summed E-state index contributed by atoms with van der Waals surface area (Å²) >= 11 is 6.17. The zero-order valence-electron chi connectivity index (χ0n) is 9.57. The fraction of sp³-hybridized carbons (Fsp3) is 0.286. The van der Waals surface area contributed by atoms with Crippen molar-refractivity contribution in [2.24, 2.45) is 11.7 Å². The summed E-state index contributed by atoms with van der Waals surface area (Å²) in [6, 6.07) is 12.2. The first kappa shape index (κ1) is 11.4. The van der Waals surface area contributed by atoms with Crippen molar-refractivity contribution in [1.82, 2.24) is 0 Å². The molecule has 0 amide bonds. The van der Waals surface area contributed by atoms with Crippen LogP contribution in [0.1, 0.15) is 25.5 Å². The molecule has 0 saturated heterocycles. The van der Waals surface area contributed by atoms with Crippen LogP contribution in [-0.2, 0) is 0 Å². The van der Waals surface area contributed by atoms with Crippen LogP contribution < -0.4 is 5.73 Å². The number of halogens is 1. The van der Waals surface area contributed by atoms with Crippen LogP contribution in [0.4, 0.5) is 0 Å². The van der Waals surface area contributed by atoms with Gasteiger partial charge in [-0.3, -0.25) is 0 Å². The Hall–Kier alpha value is -1.05. The average Bonchev–Trinajstić information content (AvgIpc) is 2.29. The van der Waals surface area contributed by atoms with Gasteiger partial charge in [0.15, 0.2) is 0 Å². The second kappa shape index (κ2) is 4.44. The lowest BCUT2D eigenvalue weighted by atomic mass is 9.92. The zero-order valence-corrected chi connectivity index (χ0v) is 10.3. The van der Waals surface area contributed by atoms with E-state index in [9.17, 15) is 0 Å². The van der Waals surface area contributed by atoms with Gasteiger partial charge in [-0.15, -0.1) is 0 Å². The first-order valence-electron chi connectivity index (χ1n) is 5.54. The van der Waals surface area contributed by atoms with E-state index in [4.69, 9.17) is 17.3 Å². The van der Waals surface area contributed by atoms with Crippen LogP contribution in [0.25, 0.3) is 10.8 Å². The van der Waals surface area contributed by atoms with E-state index in [-0.39, 0.29) is 6.04 Å². The van der Waals surface area contributed by atoms with Crippen LogP contribution in [0.3, 0.4) is 0 Å². The van der Waals surface area contributed by atoms with E-state index in [2.05, 4.69) is 19.9 Å². The fourth-order valence-corrected chi connectivity index (χ4v) is 2.16. The van der Waals surface area contributed by atoms with Gasteiger partial charge in [0.05, 0.1) is 0 Å². The number of nitrogens with two attached hydrogens (primary N) is 1. The lowest BCUT2D eigenvalue weighted by Gasteiger charge is -2.18. The molecule has 2 heteroatoms. The third kappa shape index (κ3) is 1.93. The summed E-state index contributed by atoms with van der Waals surface area (Å²) in [5, 5.41) is 3.03. The van der Waals surface area contributed by atoms with Crippen LogP contribution in [0, 0.1) is 5.92 Å². The largest absolute Gasteiger partial charge is 0.324 e. The first-order chi connectivity index (χ1) is 7.61. The Morgan fingerprint density at radius 1 is 1.00 bits per heavy atom. The van der Waals surface area contributed by atoms with E-state index < -0.39 is 0 Å². The summed E-state index contributed by atoms with van der Waals surface area (Å²) in [5.74, 6) is 0.421. The first-order valence-corrected chi connectivity index (χ1v) is 5.92. The van der Waals surface area contributed by atoms with Gasteiger partial charge in [-0.25, -0.2) is 0 Å². The number of benzene rings is 2. The molecule has 0 radical (unpaired) electrons. The summed E-state index contributed by atoms with van der Waals surface area (Å²) in [7, 11) is 0. The van der Waals surface area contributed by atoms with Gasteiger partial charge in [-0.1, -0.05) is 55.8 Å². The van der Waals surface area contributed by atoms with E-state index in [0.717, 1.165) is 15.8 Å². The van der Waals surface area contributed by atoms with Crippen LogP contribution in [0.2, 0.25) is 5.02 Å². The van der Waals surface area contributed by atoms with Gasteiger partial charge in [0.1, 0.15) is 0 Å².